The van der Waals surface area contributed by atoms with E-state index >= 15 is 0 Å². The Hall–Kier alpha value is -0.0900. The van der Waals surface area contributed by atoms with Crippen molar-refractivity contribution in [2.75, 3.05) is 0 Å². The fraction of sp³-hybridized carbons (Fsp3) is 0.0769. The van der Waals surface area contributed by atoms with E-state index in [4.69, 9.17) is 23.2 Å². The molecular weight excluding hydrogens is 406 g/mol. The Kier molecular flexibility index (Phi) is 4.70. The molecule has 94 valence electrons. The average molecular weight is 413 g/mol. The molecule has 18 heavy (non-hydrogen) atoms. The second-order valence-corrected chi connectivity index (χ2v) is 6.32. The van der Waals surface area contributed by atoms with Gasteiger partial charge in [-0.15, -0.1) is 0 Å². The predicted molar refractivity (Wildman–Crippen MR) is 81.3 cm³/mol. The van der Waals surface area contributed by atoms with E-state index in [-0.39, 0.29) is 10.6 Å². The summed E-state index contributed by atoms with van der Waals surface area (Å²) in [7, 11) is 0. The molecule has 1 atom stereocenters. The van der Waals surface area contributed by atoms with Gasteiger partial charge in [-0.1, -0.05) is 45.2 Å². The third-order valence-corrected chi connectivity index (χ3v) is 4.68. The Labute approximate surface area is 131 Å². The van der Waals surface area contributed by atoms with Crippen molar-refractivity contribution in [1.29, 1.82) is 0 Å². The van der Waals surface area contributed by atoms with Gasteiger partial charge in [0.05, 0.1) is 9.30 Å². The Morgan fingerprint density at radius 1 is 1.06 bits per heavy atom. The quantitative estimate of drug-likeness (QED) is 0.502. The summed E-state index contributed by atoms with van der Waals surface area (Å²) >= 11 is 18.8. The van der Waals surface area contributed by atoms with Crippen molar-refractivity contribution in [3.8, 4) is 0 Å². The van der Waals surface area contributed by atoms with Gasteiger partial charge in [0.15, 0.2) is 0 Å². The number of hydrogen-bond donors (Lipinski definition) is 0. The van der Waals surface area contributed by atoms with Gasteiger partial charge in [-0.2, -0.15) is 0 Å². The minimum atomic E-state index is -0.296. The lowest BCUT2D eigenvalue weighted by atomic mass is 10.0. The van der Waals surface area contributed by atoms with Crippen molar-refractivity contribution in [3.05, 3.63) is 67.9 Å². The Balaban J connectivity index is 2.44. The number of hydrogen-bond acceptors (Lipinski definition) is 0. The van der Waals surface area contributed by atoms with Crippen molar-refractivity contribution in [2.24, 2.45) is 0 Å². The summed E-state index contributed by atoms with van der Waals surface area (Å²) < 4.78 is 13.6. The van der Waals surface area contributed by atoms with Crippen LogP contribution in [0.15, 0.2) is 40.9 Å². The average Bonchev–Trinajstić information content (AvgIpc) is 2.35. The van der Waals surface area contributed by atoms with Crippen LogP contribution in [0.4, 0.5) is 4.39 Å². The monoisotopic (exact) mass is 410 g/mol. The van der Waals surface area contributed by atoms with Crippen LogP contribution in [-0.4, -0.2) is 0 Å². The minimum absolute atomic E-state index is 0.138. The summed E-state index contributed by atoms with van der Waals surface area (Å²) in [5, 5.41) is 1.22. The van der Waals surface area contributed by atoms with Crippen LogP contribution >= 0.6 is 55.1 Å². The number of alkyl halides is 1. The van der Waals surface area contributed by atoms with Crippen LogP contribution in [0.25, 0.3) is 0 Å². The molecule has 0 radical (unpaired) electrons. The van der Waals surface area contributed by atoms with Crippen molar-refractivity contribution < 1.29 is 4.39 Å². The lowest BCUT2D eigenvalue weighted by molar-refractivity contribution is 0.620. The highest BCUT2D eigenvalue weighted by molar-refractivity contribution is 9.10. The molecule has 0 amide bonds. The molecule has 2 rings (SSSR count). The Morgan fingerprint density at radius 3 is 2.44 bits per heavy atom. The number of rotatable bonds is 2. The van der Waals surface area contributed by atoms with Crippen molar-refractivity contribution in [1.82, 2.24) is 0 Å². The maximum absolute atomic E-state index is 13.2. The Morgan fingerprint density at radius 2 is 1.78 bits per heavy atom. The van der Waals surface area contributed by atoms with Gasteiger partial charge in [0.25, 0.3) is 0 Å². The van der Waals surface area contributed by atoms with Crippen LogP contribution in [0.5, 0.6) is 0 Å². The van der Waals surface area contributed by atoms with Crippen molar-refractivity contribution in [3.63, 3.8) is 0 Å². The first kappa shape index (κ1) is 14.3. The lowest BCUT2D eigenvalue weighted by Gasteiger charge is -2.13. The number of benzene rings is 2. The number of halogens is 5. The first-order valence-corrected chi connectivity index (χ1v) is 7.49. The standard InChI is InChI=1S/C13H7Br2Cl2F/c14-10-5-7(1-4-12(10)18)13(15)9-6-8(16)2-3-11(9)17/h1-6,13H. The smallest absolute Gasteiger partial charge is 0.137 e. The molecule has 0 aromatic heterocycles. The molecule has 0 fully saturated rings. The molecule has 1 unspecified atom stereocenters. The fourth-order valence-electron chi connectivity index (χ4n) is 1.56. The zero-order valence-corrected chi connectivity index (χ0v) is 13.6. The van der Waals surface area contributed by atoms with Crippen LogP contribution in [0.1, 0.15) is 16.0 Å². The molecule has 0 aliphatic rings. The zero-order valence-electron chi connectivity index (χ0n) is 8.93. The van der Waals surface area contributed by atoms with Gasteiger partial charge in [-0.25, -0.2) is 4.39 Å². The third-order valence-electron chi connectivity index (χ3n) is 2.47. The van der Waals surface area contributed by atoms with Crippen LogP contribution in [-0.2, 0) is 0 Å². The molecule has 0 saturated heterocycles. The van der Waals surface area contributed by atoms with Gasteiger partial charge in [0, 0.05) is 10.0 Å². The molecule has 0 spiro atoms. The van der Waals surface area contributed by atoms with Gasteiger partial charge < -0.3 is 0 Å². The molecule has 5 heteroatoms. The van der Waals surface area contributed by atoms with Crippen LogP contribution in [0, 0.1) is 5.82 Å². The first-order chi connectivity index (χ1) is 8.49. The van der Waals surface area contributed by atoms with E-state index in [1.54, 1.807) is 30.3 Å². The fourth-order valence-corrected chi connectivity index (χ4v) is 3.16. The minimum Gasteiger partial charge on any atom is -0.206 e. The van der Waals surface area contributed by atoms with Crippen molar-refractivity contribution in [2.45, 2.75) is 4.83 Å². The molecule has 0 aliphatic carbocycles. The highest BCUT2D eigenvalue weighted by Gasteiger charge is 2.15. The first-order valence-electron chi connectivity index (χ1n) is 5.03. The van der Waals surface area contributed by atoms with E-state index in [9.17, 15) is 4.39 Å². The van der Waals surface area contributed by atoms with Gasteiger partial charge in [-0.3, -0.25) is 0 Å². The molecule has 0 aliphatic heterocycles. The van der Waals surface area contributed by atoms with E-state index in [2.05, 4.69) is 31.9 Å². The SMILES string of the molecule is Fc1ccc(C(Br)c2cc(Cl)ccc2Cl)cc1Br. The van der Waals surface area contributed by atoms with Gasteiger partial charge in [0.1, 0.15) is 5.82 Å². The summed E-state index contributed by atoms with van der Waals surface area (Å²) in [4.78, 5) is -0.138. The highest BCUT2D eigenvalue weighted by atomic mass is 79.9. The van der Waals surface area contributed by atoms with Crippen LogP contribution in [0.3, 0.4) is 0 Å². The van der Waals surface area contributed by atoms with E-state index in [0.29, 0.717) is 14.5 Å². The molecule has 0 N–H and O–H groups in total. The van der Waals surface area contributed by atoms with Gasteiger partial charge in [-0.05, 0) is 57.4 Å². The van der Waals surface area contributed by atoms with Gasteiger partial charge in [0.2, 0.25) is 0 Å². The van der Waals surface area contributed by atoms with E-state index in [1.807, 2.05) is 0 Å². The maximum atomic E-state index is 13.2. The summed E-state index contributed by atoms with van der Waals surface area (Å²) in [6.07, 6.45) is 0. The summed E-state index contributed by atoms with van der Waals surface area (Å²) in [5.74, 6) is -0.296. The van der Waals surface area contributed by atoms with Gasteiger partial charge >= 0.3 is 0 Å². The summed E-state index contributed by atoms with van der Waals surface area (Å²) in [6, 6.07) is 10.1. The van der Waals surface area contributed by atoms with Crippen LogP contribution < -0.4 is 0 Å². The highest BCUT2D eigenvalue weighted by Crippen LogP contribution is 2.37. The van der Waals surface area contributed by atoms with Crippen molar-refractivity contribution >= 4 is 55.1 Å². The zero-order chi connectivity index (χ0) is 13.3. The Bertz CT molecular complexity index is 587. The third kappa shape index (κ3) is 3.08. The topological polar surface area (TPSA) is 0 Å². The van der Waals surface area contributed by atoms with E-state index in [0.717, 1.165) is 11.1 Å². The molecule has 0 bridgehead atoms. The molecule has 2 aromatic rings. The predicted octanol–water partition coefficient (Wildman–Crippen LogP) is 6.38. The summed E-state index contributed by atoms with van der Waals surface area (Å²) in [6.45, 7) is 0. The van der Waals surface area contributed by atoms with E-state index in [1.165, 1.54) is 6.07 Å². The second kappa shape index (κ2) is 5.91. The molecule has 0 nitrogen and oxygen atoms in total. The van der Waals surface area contributed by atoms with E-state index < -0.39 is 0 Å². The molecule has 0 heterocycles. The molecular formula is C13H7Br2Cl2F. The normalized spacial score (nSPS) is 12.5. The summed E-state index contributed by atoms with van der Waals surface area (Å²) in [5.41, 5.74) is 1.75. The maximum Gasteiger partial charge on any atom is 0.137 e. The molecule has 2 aromatic carbocycles. The second-order valence-electron chi connectivity index (χ2n) is 3.70. The molecule has 0 saturated carbocycles. The largest absolute Gasteiger partial charge is 0.206 e. The lowest BCUT2D eigenvalue weighted by Crippen LogP contribution is -1.95. The van der Waals surface area contributed by atoms with Crippen LogP contribution in [0.2, 0.25) is 10.0 Å².